The van der Waals surface area contributed by atoms with E-state index in [1.165, 1.54) is 23.5 Å². The molecule has 3 rings (SSSR count). The first-order valence-corrected chi connectivity index (χ1v) is 8.60. The van der Waals surface area contributed by atoms with Gasteiger partial charge in [0.25, 0.3) is 0 Å². The molecule has 0 bridgehead atoms. The highest BCUT2D eigenvalue weighted by Crippen LogP contribution is 2.26. The minimum Gasteiger partial charge on any atom is -0.324 e. The number of carbonyl (C=O) groups is 1. The van der Waals surface area contributed by atoms with E-state index in [4.69, 9.17) is 23.2 Å². The number of hydrogen-bond donors (Lipinski definition) is 1. The third-order valence-corrected chi connectivity index (χ3v) is 4.69. The van der Waals surface area contributed by atoms with Crippen LogP contribution in [0.2, 0.25) is 10.0 Å². The maximum Gasteiger partial charge on any atom is 0.230 e. The quantitative estimate of drug-likeness (QED) is 0.654. The van der Waals surface area contributed by atoms with Gasteiger partial charge < -0.3 is 5.32 Å². The summed E-state index contributed by atoms with van der Waals surface area (Å²) in [6, 6.07) is 11.2. The van der Waals surface area contributed by atoms with E-state index < -0.39 is 5.82 Å². The summed E-state index contributed by atoms with van der Waals surface area (Å²) in [4.78, 5) is 16.5. The third kappa shape index (κ3) is 4.12. The largest absolute Gasteiger partial charge is 0.324 e. The zero-order chi connectivity index (χ0) is 17.1. The number of halogens is 3. The Morgan fingerprint density at radius 1 is 1.17 bits per heavy atom. The van der Waals surface area contributed by atoms with Gasteiger partial charge in [-0.3, -0.25) is 4.79 Å². The van der Waals surface area contributed by atoms with Gasteiger partial charge in [0, 0.05) is 16.0 Å². The Balaban J connectivity index is 1.68. The molecule has 0 aliphatic heterocycles. The molecule has 0 aliphatic rings. The molecule has 3 nitrogen and oxygen atoms in total. The summed E-state index contributed by atoms with van der Waals surface area (Å²) in [5, 5.41) is 6.11. The van der Waals surface area contributed by atoms with Crippen molar-refractivity contribution in [1.82, 2.24) is 4.98 Å². The van der Waals surface area contributed by atoms with E-state index in [9.17, 15) is 9.18 Å². The average Bonchev–Trinajstić information content (AvgIpc) is 2.99. The minimum absolute atomic E-state index is 0.109. The molecule has 1 aromatic heterocycles. The number of benzene rings is 2. The molecule has 0 fully saturated rings. The van der Waals surface area contributed by atoms with Crippen LogP contribution >= 0.6 is 34.5 Å². The fourth-order valence-electron chi connectivity index (χ4n) is 2.06. The van der Waals surface area contributed by atoms with Crippen molar-refractivity contribution in [1.29, 1.82) is 0 Å². The molecule has 3 aromatic rings. The van der Waals surface area contributed by atoms with Crippen molar-refractivity contribution in [2.75, 3.05) is 5.32 Å². The molecule has 0 atom stereocenters. The highest BCUT2D eigenvalue weighted by molar-refractivity contribution is 7.13. The molecule has 24 heavy (non-hydrogen) atoms. The van der Waals surface area contributed by atoms with E-state index >= 15 is 0 Å². The van der Waals surface area contributed by atoms with Crippen molar-refractivity contribution in [3.05, 3.63) is 69.4 Å². The van der Waals surface area contributed by atoms with E-state index in [-0.39, 0.29) is 17.4 Å². The number of aromatic nitrogens is 1. The van der Waals surface area contributed by atoms with E-state index in [1.54, 1.807) is 12.1 Å². The van der Waals surface area contributed by atoms with Crippen LogP contribution in [0.25, 0.3) is 10.6 Å². The lowest BCUT2D eigenvalue weighted by molar-refractivity contribution is -0.115. The van der Waals surface area contributed by atoms with Gasteiger partial charge in [-0.25, -0.2) is 9.37 Å². The highest BCUT2D eigenvalue weighted by Gasteiger charge is 2.11. The van der Waals surface area contributed by atoms with Gasteiger partial charge in [-0.05, 0) is 30.3 Å². The van der Waals surface area contributed by atoms with Gasteiger partial charge in [-0.15, -0.1) is 11.3 Å². The number of nitrogens with zero attached hydrogens (tertiary/aromatic N) is 1. The topological polar surface area (TPSA) is 42.0 Å². The fraction of sp³-hybridized carbons (Fsp3) is 0.0588. The summed E-state index contributed by atoms with van der Waals surface area (Å²) in [5.41, 5.74) is 1.97. The molecular weight excluding hydrogens is 370 g/mol. The second-order valence-electron chi connectivity index (χ2n) is 5.00. The van der Waals surface area contributed by atoms with Crippen LogP contribution in [0.5, 0.6) is 0 Å². The highest BCUT2D eigenvalue weighted by atomic mass is 35.5. The molecule has 0 aliphatic carbocycles. The van der Waals surface area contributed by atoms with Crippen LogP contribution < -0.4 is 5.32 Å². The standard InChI is InChI=1S/C17H11Cl2FN2OS/c18-11-3-1-10(2-4-11)17-21-13(9-24-17)8-16(23)22-15-6-5-12(20)7-14(15)19/h1-7,9H,8H2,(H,22,23). The van der Waals surface area contributed by atoms with Gasteiger partial charge in [-0.2, -0.15) is 0 Å². The van der Waals surface area contributed by atoms with Crippen LogP contribution in [0.4, 0.5) is 10.1 Å². The number of nitrogens with one attached hydrogen (secondary N) is 1. The van der Waals surface area contributed by atoms with E-state index in [1.807, 2.05) is 17.5 Å². The molecule has 0 saturated carbocycles. The summed E-state index contributed by atoms with van der Waals surface area (Å²) in [7, 11) is 0. The molecule has 0 radical (unpaired) electrons. The Kier molecular flexibility index (Phi) is 5.14. The minimum atomic E-state index is -0.454. The fourth-order valence-corrected chi connectivity index (χ4v) is 3.23. The number of hydrogen-bond acceptors (Lipinski definition) is 3. The van der Waals surface area contributed by atoms with Gasteiger partial charge in [0.2, 0.25) is 5.91 Å². The van der Waals surface area contributed by atoms with Crippen LogP contribution in [0.3, 0.4) is 0 Å². The van der Waals surface area contributed by atoms with Crippen LogP contribution in [-0.4, -0.2) is 10.9 Å². The van der Waals surface area contributed by atoms with Crippen molar-refractivity contribution in [2.45, 2.75) is 6.42 Å². The summed E-state index contributed by atoms with van der Waals surface area (Å²) < 4.78 is 13.0. The first kappa shape index (κ1) is 16.9. The maximum atomic E-state index is 13.0. The number of thiazole rings is 1. The van der Waals surface area contributed by atoms with Gasteiger partial charge in [0.1, 0.15) is 10.8 Å². The van der Waals surface area contributed by atoms with E-state index in [2.05, 4.69) is 10.3 Å². The molecule has 1 heterocycles. The summed E-state index contributed by atoms with van der Waals surface area (Å²) >= 11 is 13.2. The molecule has 1 N–H and O–H groups in total. The zero-order valence-electron chi connectivity index (χ0n) is 12.2. The van der Waals surface area contributed by atoms with Crippen molar-refractivity contribution < 1.29 is 9.18 Å². The summed E-state index contributed by atoms with van der Waals surface area (Å²) in [6.45, 7) is 0. The Labute approximate surface area is 152 Å². The summed E-state index contributed by atoms with van der Waals surface area (Å²) in [6.07, 6.45) is 0.109. The van der Waals surface area contributed by atoms with Crippen LogP contribution in [0.15, 0.2) is 47.8 Å². The van der Waals surface area contributed by atoms with Gasteiger partial charge in [0.05, 0.1) is 22.8 Å². The summed E-state index contributed by atoms with van der Waals surface area (Å²) in [5.74, 6) is -0.721. The smallest absolute Gasteiger partial charge is 0.230 e. The maximum absolute atomic E-state index is 13.0. The number of carbonyl (C=O) groups excluding carboxylic acids is 1. The predicted octanol–water partition coefficient (Wildman–Crippen LogP) is 5.44. The van der Waals surface area contributed by atoms with Crippen LogP contribution in [0.1, 0.15) is 5.69 Å². The molecular formula is C17H11Cl2FN2OS. The number of amides is 1. The lowest BCUT2D eigenvalue weighted by Gasteiger charge is -2.06. The first-order valence-electron chi connectivity index (χ1n) is 6.96. The molecule has 1 amide bonds. The van der Waals surface area contributed by atoms with Crippen molar-refractivity contribution in [3.63, 3.8) is 0 Å². The second kappa shape index (κ2) is 7.30. The van der Waals surface area contributed by atoms with Crippen LogP contribution in [0, 0.1) is 5.82 Å². The Bertz CT molecular complexity index is 881. The van der Waals surface area contributed by atoms with Crippen molar-refractivity contribution in [2.24, 2.45) is 0 Å². The predicted molar refractivity (Wildman–Crippen MR) is 96.3 cm³/mol. The Morgan fingerprint density at radius 2 is 1.92 bits per heavy atom. The van der Waals surface area contributed by atoms with Gasteiger partial charge >= 0.3 is 0 Å². The second-order valence-corrected chi connectivity index (χ2v) is 6.70. The Morgan fingerprint density at radius 3 is 2.62 bits per heavy atom. The van der Waals surface area contributed by atoms with Gasteiger partial charge in [-0.1, -0.05) is 35.3 Å². The first-order chi connectivity index (χ1) is 11.5. The van der Waals surface area contributed by atoms with E-state index in [0.717, 1.165) is 16.6 Å². The third-order valence-electron chi connectivity index (χ3n) is 3.19. The molecule has 7 heteroatoms. The molecule has 122 valence electrons. The zero-order valence-corrected chi connectivity index (χ0v) is 14.6. The Hall–Kier alpha value is -1.95. The SMILES string of the molecule is O=C(Cc1csc(-c2ccc(Cl)cc2)n1)Nc1ccc(F)cc1Cl. The lowest BCUT2D eigenvalue weighted by Crippen LogP contribution is -2.14. The molecule has 2 aromatic carbocycles. The molecule has 0 saturated heterocycles. The van der Waals surface area contributed by atoms with Crippen molar-refractivity contribution >= 4 is 46.1 Å². The molecule has 0 spiro atoms. The molecule has 0 unspecified atom stereocenters. The van der Waals surface area contributed by atoms with Crippen LogP contribution in [-0.2, 0) is 11.2 Å². The van der Waals surface area contributed by atoms with E-state index in [0.29, 0.717) is 16.4 Å². The average molecular weight is 381 g/mol. The van der Waals surface area contributed by atoms with Gasteiger partial charge in [0.15, 0.2) is 0 Å². The van der Waals surface area contributed by atoms with Crippen molar-refractivity contribution in [3.8, 4) is 10.6 Å². The number of rotatable bonds is 4. The normalized spacial score (nSPS) is 10.6. The lowest BCUT2D eigenvalue weighted by atomic mass is 10.2. The monoisotopic (exact) mass is 380 g/mol. The number of anilines is 1.